The van der Waals surface area contributed by atoms with Gasteiger partial charge in [-0.3, -0.25) is 4.79 Å². The zero-order chi connectivity index (χ0) is 28.7. The maximum absolute atomic E-state index is 12.0. The summed E-state index contributed by atoms with van der Waals surface area (Å²) in [5.74, 6) is -0.336. The van der Waals surface area contributed by atoms with Crippen molar-refractivity contribution in [2.75, 3.05) is 0 Å². The molecule has 7 heteroatoms. The number of hydrogen-bond acceptors (Lipinski definition) is 7. The second-order valence-electron chi connectivity index (χ2n) is 9.60. The molecule has 0 aliphatic carbocycles. The molecule has 6 unspecified atom stereocenters. The molecule has 39 heavy (non-hydrogen) atoms. The van der Waals surface area contributed by atoms with Crippen LogP contribution in [0.4, 0.5) is 0 Å². The molecular weight excluding hydrogens is 496 g/mol. The van der Waals surface area contributed by atoms with Crippen LogP contribution in [0.2, 0.25) is 0 Å². The van der Waals surface area contributed by atoms with Gasteiger partial charge in [0.15, 0.2) is 0 Å². The predicted octanol–water partition coefficient (Wildman–Crippen LogP) is 4.31. The van der Waals surface area contributed by atoms with E-state index >= 15 is 0 Å². The number of aliphatic hydroxyl groups is 5. The van der Waals surface area contributed by atoms with Crippen LogP contribution in [0, 0.1) is 0 Å². The largest absolute Gasteiger partial charge is 0.463 e. The van der Waals surface area contributed by atoms with Crippen LogP contribution in [0.25, 0.3) is 0 Å². The van der Waals surface area contributed by atoms with Gasteiger partial charge < -0.3 is 30.3 Å². The zero-order valence-corrected chi connectivity index (χ0v) is 22.9. The Bertz CT molecular complexity index is 894. The minimum Gasteiger partial charge on any atom is -0.463 e. The third-order valence-electron chi connectivity index (χ3n) is 5.69. The number of esters is 1. The molecule has 5 N–H and O–H groups in total. The quantitative estimate of drug-likeness (QED) is 0.228. The summed E-state index contributed by atoms with van der Waals surface area (Å²) >= 11 is 0. The predicted molar refractivity (Wildman–Crippen MR) is 156 cm³/mol. The number of rotatable bonds is 0. The van der Waals surface area contributed by atoms with Crippen molar-refractivity contribution in [3.05, 3.63) is 97.2 Å². The van der Waals surface area contributed by atoms with Gasteiger partial charge in [-0.05, 0) is 39.0 Å². The maximum atomic E-state index is 12.0. The van der Waals surface area contributed by atoms with E-state index in [1.54, 1.807) is 31.2 Å². The van der Waals surface area contributed by atoms with Crippen LogP contribution in [-0.4, -0.2) is 68.1 Å². The van der Waals surface area contributed by atoms with Crippen LogP contribution >= 0.6 is 0 Å². The molecule has 0 aromatic rings. The molecule has 0 aromatic carbocycles. The van der Waals surface area contributed by atoms with Crippen LogP contribution in [0.1, 0.15) is 58.3 Å². The highest BCUT2D eigenvalue weighted by Gasteiger charge is 2.17. The van der Waals surface area contributed by atoms with Crippen LogP contribution in [0.3, 0.4) is 0 Å². The van der Waals surface area contributed by atoms with Crippen LogP contribution < -0.4 is 0 Å². The van der Waals surface area contributed by atoms with Crippen molar-refractivity contribution < 1.29 is 35.1 Å². The van der Waals surface area contributed by atoms with Gasteiger partial charge in [0.2, 0.25) is 0 Å². The van der Waals surface area contributed by atoms with E-state index in [-0.39, 0.29) is 44.5 Å². The summed E-state index contributed by atoms with van der Waals surface area (Å²) in [6.45, 7) is 1.72. The molecule has 1 aliphatic heterocycles. The summed E-state index contributed by atoms with van der Waals surface area (Å²) in [7, 11) is 0. The summed E-state index contributed by atoms with van der Waals surface area (Å²) in [5, 5.41) is 50.6. The molecule has 7 nitrogen and oxygen atoms in total. The topological polar surface area (TPSA) is 127 Å². The van der Waals surface area contributed by atoms with Gasteiger partial charge in [0, 0.05) is 19.3 Å². The first-order valence-electron chi connectivity index (χ1n) is 13.7. The lowest BCUT2D eigenvalue weighted by Gasteiger charge is -2.19. The van der Waals surface area contributed by atoms with Gasteiger partial charge in [0.05, 0.1) is 30.5 Å². The molecule has 0 saturated heterocycles. The SMILES string of the molecule is CC1CC(O)CC(O)CC=CC(O)CC=CC(O)CC(O)CC=CC=CC=CC=CC=CC=CCCC(=O)O1. The molecular formula is C32H46O7. The fraction of sp³-hybridized carbons (Fsp3) is 0.469. The van der Waals surface area contributed by atoms with E-state index in [2.05, 4.69) is 0 Å². The molecule has 0 amide bonds. The summed E-state index contributed by atoms with van der Waals surface area (Å²) in [6.07, 6.45) is 26.8. The van der Waals surface area contributed by atoms with E-state index in [1.807, 2.05) is 72.9 Å². The Morgan fingerprint density at radius 3 is 1.77 bits per heavy atom. The van der Waals surface area contributed by atoms with Gasteiger partial charge in [0.25, 0.3) is 0 Å². The Labute approximate surface area is 233 Å². The second-order valence-corrected chi connectivity index (χ2v) is 9.60. The number of cyclic esters (lactones) is 1. The molecule has 1 aliphatic rings. The van der Waals surface area contributed by atoms with Crippen LogP contribution in [0.5, 0.6) is 0 Å². The molecule has 6 atom stereocenters. The number of ether oxygens (including phenoxy) is 1. The lowest BCUT2D eigenvalue weighted by molar-refractivity contribution is -0.149. The van der Waals surface area contributed by atoms with E-state index in [9.17, 15) is 30.3 Å². The van der Waals surface area contributed by atoms with Crippen LogP contribution in [-0.2, 0) is 9.53 Å². The molecule has 0 aromatic heterocycles. The Morgan fingerprint density at radius 2 is 1.10 bits per heavy atom. The minimum atomic E-state index is -0.825. The third-order valence-corrected chi connectivity index (χ3v) is 5.69. The van der Waals surface area contributed by atoms with Crippen molar-refractivity contribution in [1.29, 1.82) is 0 Å². The monoisotopic (exact) mass is 542 g/mol. The standard InChI is InChI=1S/C32H46O7/c1-26-23-31(37)25-30(36)21-16-19-27(33)18-15-20-29(35)24-28(34)17-13-11-9-7-5-3-2-4-6-8-10-12-14-22-32(38)39-26/h2-13,15-16,19-20,26-31,33-37H,14,17-18,21-25H2,1H3. The summed E-state index contributed by atoms with van der Waals surface area (Å²) in [5.41, 5.74) is 0. The Balaban J connectivity index is 2.70. The second kappa shape index (κ2) is 22.1. The molecule has 1 rings (SSSR count). The van der Waals surface area contributed by atoms with Crippen molar-refractivity contribution in [1.82, 2.24) is 0 Å². The van der Waals surface area contributed by atoms with Gasteiger partial charge in [0.1, 0.15) is 6.10 Å². The first kappa shape index (κ1) is 34.2. The van der Waals surface area contributed by atoms with Crippen molar-refractivity contribution in [3.63, 3.8) is 0 Å². The van der Waals surface area contributed by atoms with Crippen molar-refractivity contribution in [2.24, 2.45) is 0 Å². The van der Waals surface area contributed by atoms with Crippen molar-refractivity contribution in [3.8, 4) is 0 Å². The lowest BCUT2D eigenvalue weighted by Crippen LogP contribution is -2.24. The van der Waals surface area contributed by atoms with Gasteiger partial charge in [-0.15, -0.1) is 0 Å². The van der Waals surface area contributed by atoms with Gasteiger partial charge >= 0.3 is 5.97 Å². The highest BCUT2D eigenvalue weighted by atomic mass is 16.5. The summed E-state index contributed by atoms with van der Waals surface area (Å²) < 4.78 is 5.35. The smallest absolute Gasteiger partial charge is 0.306 e. The number of hydrogen-bond donors (Lipinski definition) is 5. The normalized spacial score (nSPS) is 29.9. The number of aliphatic hydroxyl groups excluding tert-OH is 5. The maximum Gasteiger partial charge on any atom is 0.306 e. The summed E-state index contributed by atoms with van der Waals surface area (Å²) in [6, 6.07) is 0. The van der Waals surface area contributed by atoms with E-state index in [1.165, 1.54) is 0 Å². The Morgan fingerprint density at radius 1 is 0.590 bits per heavy atom. The Kier molecular flexibility index (Phi) is 19.3. The first-order valence-corrected chi connectivity index (χ1v) is 13.7. The van der Waals surface area contributed by atoms with Crippen molar-refractivity contribution >= 4 is 5.97 Å². The fourth-order valence-electron chi connectivity index (χ4n) is 3.72. The number of allylic oxidation sites excluding steroid dienone is 11. The van der Waals surface area contributed by atoms with E-state index in [4.69, 9.17) is 4.74 Å². The van der Waals surface area contributed by atoms with Gasteiger partial charge in [-0.1, -0.05) is 97.2 Å². The minimum absolute atomic E-state index is 0.127. The first-order chi connectivity index (χ1) is 18.8. The zero-order valence-electron chi connectivity index (χ0n) is 22.9. The van der Waals surface area contributed by atoms with Crippen LogP contribution in [0.15, 0.2) is 97.2 Å². The number of carbonyl (C=O) groups is 1. The number of carbonyl (C=O) groups excluding carboxylic acids is 1. The van der Waals surface area contributed by atoms with E-state index in [0.717, 1.165) is 0 Å². The molecule has 1 heterocycles. The lowest BCUT2D eigenvalue weighted by atomic mass is 10.0. The highest BCUT2D eigenvalue weighted by molar-refractivity contribution is 5.69. The summed E-state index contributed by atoms with van der Waals surface area (Å²) in [4.78, 5) is 12.0. The molecule has 0 radical (unpaired) electrons. The fourth-order valence-corrected chi connectivity index (χ4v) is 3.72. The molecule has 0 saturated carbocycles. The van der Waals surface area contributed by atoms with Gasteiger partial charge in [-0.25, -0.2) is 0 Å². The molecule has 0 bridgehead atoms. The molecule has 216 valence electrons. The van der Waals surface area contributed by atoms with E-state index in [0.29, 0.717) is 12.8 Å². The third kappa shape index (κ3) is 20.8. The van der Waals surface area contributed by atoms with E-state index < -0.39 is 36.6 Å². The highest BCUT2D eigenvalue weighted by Crippen LogP contribution is 2.12. The average molecular weight is 543 g/mol. The molecule has 0 fully saturated rings. The average Bonchev–Trinajstić information content (AvgIpc) is 2.85. The van der Waals surface area contributed by atoms with Crippen molar-refractivity contribution in [2.45, 2.75) is 94.9 Å². The van der Waals surface area contributed by atoms with Gasteiger partial charge in [-0.2, -0.15) is 0 Å². The molecule has 0 spiro atoms. The Hall–Kier alpha value is -2.81.